The van der Waals surface area contributed by atoms with Crippen LogP contribution in [0.25, 0.3) is 10.9 Å². The molecular formula is C21H26Cl2N2O2. The van der Waals surface area contributed by atoms with Gasteiger partial charge in [-0.1, -0.05) is 36.7 Å². The lowest BCUT2D eigenvalue weighted by molar-refractivity contribution is 0.233. The van der Waals surface area contributed by atoms with E-state index in [0.717, 1.165) is 27.4 Å². The number of H-pyrrole nitrogens is 1. The second-order valence-electron chi connectivity index (χ2n) is 6.21. The van der Waals surface area contributed by atoms with Gasteiger partial charge in [-0.15, -0.1) is 0 Å². The molecule has 146 valence electrons. The highest BCUT2D eigenvalue weighted by Crippen LogP contribution is 2.23. The predicted molar refractivity (Wildman–Crippen MR) is 117 cm³/mol. The van der Waals surface area contributed by atoms with Crippen molar-refractivity contribution in [2.45, 2.75) is 41.2 Å². The molecule has 0 amide bonds. The van der Waals surface area contributed by atoms with E-state index in [0.29, 0.717) is 16.3 Å². The minimum absolute atomic E-state index is 0. The first kappa shape index (κ1) is 22.9. The maximum atomic E-state index is 11.9. The van der Waals surface area contributed by atoms with Crippen molar-refractivity contribution >= 4 is 39.8 Å². The Bertz CT molecular complexity index is 962. The number of pyridine rings is 1. The van der Waals surface area contributed by atoms with Crippen molar-refractivity contribution in [3.63, 3.8) is 0 Å². The molecule has 0 aliphatic rings. The number of nitrogen functional groups attached to an aromatic ring is 1. The summed E-state index contributed by atoms with van der Waals surface area (Å²) in [6, 6.07) is 10.4. The zero-order valence-electron chi connectivity index (χ0n) is 15.2. The molecule has 0 spiro atoms. The van der Waals surface area contributed by atoms with E-state index >= 15 is 0 Å². The first-order valence-electron chi connectivity index (χ1n) is 8.20. The van der Waals surface area contributed by atoms with Crippen LogP contribution in [-0.2, 0) is 0 Å². The van der Waals surface area contributed by atoms with Gasteiger partial charge >= 0.3 is 0 Å². The fraction of sp³-hybridized carbons (Fsp3) is 0.286. The lowest BCUT2D eigenvalue weighted by Crippen LogP contribution is -2.11. The van der Waals surface area contributed by atoms with E-state index in [-0.39, 0.29) is 19.0 Å². The first-order valence-corrected chi connectivity index (χ1v) is 8.95. The molecule has 1 heterocycles. The van der Waals surface area contributed by atoms with Crippen LogP contribution >= 0.6 is 23.2 Å². The van der Waals surface area contributed by atoms with Crippen LogP contribution in [0.15, 0.2) is 41.2 Å². The maximum absolute atomic E-state index is 11.9. The third kappa shape index (κ3) is 5.65. The average molecular weight is 409 g/mol. The zero-order chi connectivity index (χ0) is 19.4. The number of fused-ring (bicyclic) bond motifs is 1. The zero-order valence-corrected chi connectivity index (χ0v) is 16.7. The Hall–Kier alpha value is -2.17. The summed E-state index contributed by atoms with van der Waals surface area (Å²) >= 11 is 11.8. The molecule has 0 saturated heterocycles. The van der Waals surface area contributed by atoms with Gasteiger partial charge in [-0.3, -0.25) is 4.79 Å². The summed E-state index contributed by atoms with van der Waals surface area (Å²) in [5.74, 6) is 0.475. The molecule has 1 aromatic heterocycles. The average Bonchev–Trinajstić information content (AvgIpc) is 2.56. The van der Waals surface area contributed by atoms with Crippen molar-refractivity contribution in [3.05, 3.63) is 67.8 Å². The second-order valence-corrected chi connectivity index (χ2v) is 7.03. The quantitative estimate of drug-likeness (QED) is 0.499. The van der Waals surface area contributed by atoms with Crippen molar-refractivity contribution in [2.75, 3.05) is 5.73 Å². The topological polar surface area (TPSA) is 68.1 Å². The Morgan fingerprint density at radius 1 is 1.04 bits per heavy atom. The summed E-state index contributed by atoms with van der Waals surface area (Å²) in [6.45, 7) is 7.60. The smallest absolute Gasteiger partial charge is 0.195 e. The minimum atomic E-state index is -0.0610. The van der Waals surface area contributed by atoms with Crippen LogP contribution in [0.4, 0.5) is 5.69 Å². The van der Waals surface area contributed by atoms with Gasteiger partial charge in [0.2, 0.25) is 0 Å². The molecule has 0 bridgehead atoms. The Morgan fingerprint density at radius 2 is 1.67 bits per heavy atom. The molecule has 0 aliphatic carbocycles. The number of rotatable bonds is 2. The summed E-state index contributed by atoms with van der Waals surface area (Å²) in [5, 5.41) is 1.99. The van der Waals surface area contributed by atoms with Crippen LogP contribution in [-0.4, -0.2) is 11.1 Å². The molecule has 3 aromatic rings. The molecule has 2 aromatic carbocycles. The molecule has 0 radical (unpaired) electrons. The van der Waals surface area contributed by atoms with Gasteiger partial charge in [0, 0.05) is 27.2 Å². The van der Waals surface area contributed by atoms with Crippen molar-refractivity contribution < 1.29 is 4.74 Å². The van der Waals surface area contributed by atoms with Crippen molar-refractivity contribution in [1.29, 1.82) is 0 Å². The number of halogens is 2. The third-order valence-corrected chi connectivity index (χ3v) is 4.67. The molecule has 0 unspecified atom stereocenters. The fourth-order valence-electron chi connectivity index (χ4n) is 2.35. The SMILES string of the molecule is C.Cc1c(Cl)ccc2c(=O)cc(OC(C)C)[nH]c12.Cc1c(N)cccc1Cl. The summed E-state index contributed by atoms with van der Waals surface area (Å²) < 4.78 is 5.50. The highest BCUT2D eigenvalue weighted by molar-refractivity contribution is 6.32. The van der Waals surface area contributed by atoms with Gasteiger partial charge in [-0.2, -0.15) is 0 Å². The third-order valence-electron chi connectivity index (χ3n) is 3.85. The van der Waals surface area contributed by atoms with Crippen molar-refractivity contribution in [2.24, 2.45) is 0 Å². The number of nitrogens with two attached hydrogens (primary N) is 1. The van der Waals surface area contributed by atoms with E-state index in [4.69, 9.17) is 33.7 Å². The minimum Gasteiger partial charge on any atom is -0.476 e. The van der Waals surface area contributed by atoms with E-state index in [1.54, 1.807) is 12.1 Å². The molecule has 0 atom stereocenters. The number of anilines is 1. The summed E-state index contributed by atoms with van der Waals surface area (Å²) in [4.78, 5) is 15.0. The monoisotopic (exact) mass is 408 g/mol. The fourth-order valence-corrected chi connectivity index (χ4v) is 2.69. The van der Waals surface area contributed by atoms with E-state index in [2.05, 4.69) is 4.98 Å². The molecule has 27 heavy (non-hydrogen) atoms. The Morgan fingerprint density at radius 3 is 2.22 bits per heavy atom. The van der Waals surface area contributed by atoms with Gasteiger partial charge in [-0.05, 0) is 63.1 Å². The highest BCUT2D eigenvalue weighted by atomic mass is 35.5. The van der Waals surface area contributed by atoms with Crippen LogP contribution in [0.3, 0.4) is 0 Å². The molecule has 0 aliphatic heterocycles. The number of benzene rings is 2. The largest absolute Gasteiger partial charge is 0.476 e. The molecule has 4 nitrogen and oxygen atoms in total. The molecule has 0 fully saturated rings. The van der Waals surface area contributed by atoms with E-state index in [1.807, 2.05) is 45.9 Å². The number of hydrogen-bond acceptors (Lipinski definition) is 3. The summed E-state index contributed by atoms with van der Waals surface area (Å²) in [7, 11) is 0. The number of hydrogen-bond donors (Lipinski definition) is 2. The molecule has 3 rings (SSSR count). The van der Waals surface area contributed by atoms with Crippen LogP contribution in [0.1, 0.15) is 32.4 Å². The molecule has 6 heteroatoms. The maximum Gasteiger partial charge on any atom is 0.195 e. The van der Waals surface area contributed by atoms with E-state index in [1.165, 1.54) is 6.07 Å². The number of aromatic amines is 1. The lowest BCUT2D eigenvalue weighted by atomic mass is 10.1. The van der Waals surface area contributed by atoms with Gasteiger partial charge in [0.05, 0.1) is 11.6 Å². The van der Waals surface area contributed by atoms with Gasteiger partial charge in [0.25, 0.3) is 0 Å². The standard InChI is InChI=1S/C13H14ClNO2.C7H8ClN.CH4/c1-7(2)17-12-6-11(16)9-4-5-10(14)8(3)13(9)15-12;1-5-6(8)3-2-4-7(5)9;/h4-7H,1-3H3,(H,15,16);2-4H,9H2,1H3;1H4. The lowest BCUT2D eigenvalue weighted by Gasteiger charge is -2.11. The van der Waals surface area contributed by atoms with Crippen molar-refractivity contribution in [1.82, 2.24) is 4.98 Å². The predicted octanol–water partition coefficient (Wildman–Crippen LogP) is 6.14. The first-order chi connectivity index (χ1) is 12.2. The number of ether oxygens (including phenoxy) is 1. The molecule has 3 N–H and O–H groups in total. The highest BCUT2D eigenvalue weighted by Gasteiger charge is 2.08. The number of nitrogens with one attached hydrogen (secondary N) is 1. The van der Waals surface area contributed by atoms with Crippen LogP contribution in [0.2, 0.25) is 10.0 Å². The summed E-state index contributed by atoms with van der Waals surface area (Å²) in [6.07, 6.45) is 0.0163. The van der Waals surface area contributed by atoms with Crippen molar-refractivity contribution in [3.8, 4) is 5.88 Å². The van der Waals surface area contributed by atoms with Crippen LogP contribution < -0.4 is 15.9 Å². The van der Waals surface area contributed by atoms with Gasteiger partial charge in [-0.25, -0.2) is 0 Å². The molecule has 0 saturated carbocycles. The van der Waals surface area contributed by atoms with E-state index in [9.17, 15) is 4.79 Å². The number of aryl methyl sites for hydroxylation is 1. The normalized spacial score (nSPS) is 10.2. The molecular weight excluding hydrogens is 383 g/mol. The van der Waals surface area contributed by atoms with Gasteiger partial charge < -0.3 is 15.5 Å². The van der Waals surface area contributed by atoms with Crippen LogP contribution in [0.5, 0.6) is 5.88 Å². The van der Waals surface area contributed by atoms with Crippen LogP contribution in [0, 0.1) is 13.8 Å². The Labute approximate surface area is 170 Å². The van der Waals surface area contributed by atoms with Gasteiger partial charge in [0.15, 0.2) is 11.3 Å². The second kappa shape index (κ2) is 9.67. The Kier molecular flexibility index (Phi) is 8.20. The number of aromatic nitrogens is 1. The summed E-state index contributed by atoms with van der Waals surface area (Å²) in [5.41, 5.74) is 8.78. The Balaban J connectivity index is 0.000000310. The van der Waals surface area contributed by atoms with E-state index < -0.39 is 0 Å². The van der Waals surface area contributed by atoms with Gasteiger partial charge in [0.1, 0.15) is 0 Å².